The maximum Gasteiger partial charge on any atom is 0.215 e. The van der Waals surface area contributed by atoms with Crippen LogP contribution in [0, 0.1) is 0 Å². The first-order valence-corrected chi connectivity index (χ1v) is 7.83. The van der Waals surface area contributed by atoms with Crippen LogP contribution in [-0.4, -0.2) is 33.9 Å². The van der Waals surface area contributed by atoms with Gasteiger partial charge in [0.2, 0.25) is 5.88 Å². The Bertz CT molecular complexity index is 685. The van der Waals surface area contributed by atoms with Crippen LogP contribution in [0.2, 0.25) is 0 Å². The Kier molecular flexibility index (Phi) is 3.08. The van der Waals surface area contributed by atoms with Crippen LogP contribution in [0.4, 0.5) is 0 Å². The summed E-state index contributed by atoms with van der Waals surface area (Å²) in [7, 11) is 1.63. The number of ether oxygens (including phenoxy) is 2. The number of fused-ring (bicyclic) bond motifs is 3. The molecule has 0 saturated carbocycles. The van der Waals surface area contributed by atoms with Crippen molar-refractivity contribution in [3.63, 3.8) is 0 Å². The largest absolute Gasteiger partial charge is 0.481 e. The zero-order chi connectivity index (χ0) is 14.6. The number of hydrogen-bond acceptors (Lipinski definition) is 4. The molecule has 2 aromatic heterocycles. The Balaban J connectivity index is 1.89. The van der Waals surface area contributed by atoms with Crippen molar-refractivity contribution in [1.29, 1.82) is 0 Å². The summed E-state index contributed by atoms with van der Waals surface area (Å²) in [4.78, 5) is 9.26. The van der Waals surface area contributed by atoms with Gasteiger partial charge in [0.05, 0.1) is 30.7 Å². The van der Waals surface area contributed by atoms with Crippen molar-refractivity contribution in [2.24, 2.45) is 0 Å². The zero-order valence-corrected chi connectivity index (χ0v) is 12.9. The van der Waals surface area contributed by atoms with Crippen LogP contribution in [0.15, 0.2) is 12.1 Å². The predicted octanol–water partition coefficient (Wildman–Crippen LogP) is 3.23. The van der Waals surface area contributed by atoms with Crippen molar-refractivity contribution >= 4 is 22.8 Å². The Labute approximate surface area is 128 Å². The number of nitrogens with zero attached hydrogens (tertiary/aromatic N) is 3. The van der Waals surface area contributed by atoms with Gasteiger partial charge >= 0.3 is 0 Å². The molecule has 0 aliphatic carbocycles. The molecule has 6 heteroatoms. The minimum Gasteiger partial charge on any atom is -0.481 e. The fraction of sp³-hybridized carbons (Fsp3) is 0.600. The molecule has 2 aliphatic rings. The van der Waals surface area contributed by atoms with Crippen molar-refractivity contribution in [2.45, 2.75) is 49.8 Å². The van der Waals surface area contributed by atoms with E-state index in [4.69, 9.17) is 21.1 Å². The summed E-state index contributed by atoms with van der Waals surface area (Å²) >= 11 is 6.35. The molecular weight excluding hydrogens is 290 g/mol. The Hall–Kier alpha value is -1.33. The van der Waals surface area contributed by atoms with Crippen molar-refractivity contribution < 1.29 is 9.47 Å². The Morgan fingerprint density at radius 1 is 1.38 bits per heavy atom. The summed E-state index contributed by atoms with van der Waals surface area (Å²) in [6, 6.07) is 4.05. The van der Waals surface area contributed by atoms with E-state index in [0.717, 1.165) is 36.3 Å². The van der Waals surface area contributed by atoms with E-state index in [1.54, 1.807) is 7.11 Å². The van der Waals surface area contributed by atoms with Crippen LogP contribution in [0.5, 0.6) is 5.88 Å². The molecule has 2 bridgehead atoms. The number of rotatable bonds is 3. The molecule has 4 atom stereocenters. The molecule has 2 aliphatic heterocycles. The highest BCUT2D eigenvalue weighted by molar-refractivity contribution is 6.20. The van der Waals surface area contributed by atoms with Crippen LogP contribution in [0.1, 0.15) is 43.4 Å². The standard InChI is InChI=1S/C15H18ClN3O2/c1-8(16)14-17-10-4-6-13(20-2)18-15(10)19(14)11-7-9-3-5-12(11)21-9/h4,6,8-9,11-12H,3,5,7H2,1-2H3. The Morgan fingerprint density at radius 2 is 2.24 bits per heavy atom. The molecule has 4 rings (SSSR count). The lowest BCUT2D eigenvalue weighted by molar-refractivity contribution is 0.0939. The van der Waals surface area contributed by atoms with Gasteiger partial charge in [-0.3, -0.25) is 0 Å². The highest BCUT2D eigenvalue weighted by atomic mass is 35.5. The van der Waals surface area contributed by atoms with E-state index in [0.29, 0.717) is 12.0 Å². The number of imidazole rings is 1. The van der Waals surface area contributed by atoms with Gasteiger partial charge in [-0.2, -0.15) is 4.98 Å². The van der Waals surface area contributed by atoms with E-state index in [1.165, 1.54) is 0 Å². The summed E-state index contributed by atoms with van der Waals surface area (Å²) in [5.41, 5.74) is 1.71. The Morgan fingerprint density at radius 3 is 2.86 bits per heavy atom. The third-order valence-corrected chi connectivity index (χ3v) is 4.70. The first kappa shape index (κ1) is 13.3. The average Bonchev–Trinajstić information content (AvgIpc) is 3.18. The second-order valence-electron chi connectivity index (χ2n) is 5.83. The van der Waals surface area contributed by atoms with Crippen molar-refractivity contribution in [2.75, 3.05) is 7.11 Å². The molecule has 0 amide bonds. The topological polar surface area (TPSA) is 49.2 Å². The minimum absolute atomic E-state index is 0.163. The van der Waals surface area contributed by atoms with Gasteiger partial charge in [0.15, 0.2) is 5.65 Å². The highest BCUT2D eigenvalue weighted by Crippen LogP contribution is 2.44. The van der Waals surface area contributed by atoms with Gasteiger partial charge in [-0.1, -0.05) is 0 Å². The van der Waals surface area contributed by atoms with Gasteiger partial charge in [-0.15, -0.1) is 11.6 Å². The fourth-order valence-electron chi connectivity index (χ4n) is 3.58. The smallest absolute Gasteiger partial charge is 0.215 e. The highest BCUT2D eigenvalue weighted by Gasteiger charge is 2.43. The molecule has 2 fully saturated rings. The van der Waals surface area contributed by atoms with Gasteiger partial charge < -0.3 is 14.0 Å². The second-order valence-corrected chi connectivity index (χ2v) is 6.48. The molecule has 0 spiro atoms. The maximum atomic E-state index is 6.35. The number of pyridine rings is 1. The van der Waals surface area contributed by atoms with Crippen molar-refractivity contribution in [3.8, 4) is 5.88 Å². The molecule has 2 saturated heterocycles. The van der Waals surface area contributed by atoms with E-state index in [1.807, 2.05) is 19.1 Å². The average molecular weight is 308 g/mol. The molecule has 0 radical (unpaired) electrons. The maximum absolute atomic E-state index is 6.35. The van der Waals surface area contributed by atoms with Crippen molar-refractivity contribution in [1.82, 2.24) is 14.5 Å². The summed E-state index contributed by atoms with van der Waals surface area (Å²) in [5.74, 6) is 1.47. The van der Waals surface area contributed by atoms with Gasteiger partial charge in [0.25, 0.3) is 0 Å². The van der Waals surface area contributed by atoms with Crippen molar-refractivity contribution in [3.05, 3.63) is 18.0 Å². The zero-order valence-electron chi connectivity index (χ0n) is 12.1. The summed E-state index contributed by atoms with van der Waals surface area (Å²) in [5, 5.41) is -0.163. The molecular formula is C15H18ClN3O2. The summed E-state index contributed by atoms with van der Waals surface area (Å²) in [6.07, 6.45) is 3.92. The van der Waals surface area contributed by atoms with Crippen LogP contribution < -0.4 is 4.74 Å². The quantitative estimate of drug-likeness (QED) is 0.817. The number of halogens is 1. The lowest BCUT2D eigenvalue weighted by atomic mass is 9.95. The monoisotopic (exact) mass is 307 g/mol. The molecule has 0 N–H and O–H groups in total. The lowest BCUT2D eigenvalue weighted by Crippen LogP contribution is -2.23. The number of alkyl halides is 1. The van der Waals surface area contributed by atoms with E-state index < -0.39 is 0 Å². The van der Waals surface area contributed by atoms with Gasteiger partial charge in [-0.05, 0) is 32.3 Å². The SMILES string of the molecule is COc1ccc2nc(C(C)Cl)n(C3CC4CCC3O4)c2n1. The number of hydrogen-bond donors (Lipinski definition) is 0. The third kappa shape index (κ3) is 2.02. The van der Waals surface area contributed by atoms with E-state index in [2.05, 4.69) is 14.5 Å². The van der Waals surface area contributed by atoms with Crippen LogP contribution in [0.25, 0.3) is 11.2 Å². The van der Waals surface area contributed by atoms with Gasteiger partial charge in [0, 0.05) is 6.07 Å². The van der Waals surface area contributed by atoms with Crippen LogP contribution in [-0.2, 0) is 4.74 Å². The molecule has 5 nitrogen and oxygen atoms in total. The number of methoxy groups -OCH3 is 1. The normalized spacial score (nSPS) is 29.2. The van der Waals surface area contributed by atoms with Gasteiger partial charge in [0.1, 0.15) is 11.3 Å². The molecule has 2 aromatic rings. The molecule has 21 heavy (non-hydrogen) atoms. The first-order chi connectivity index (χ1) is 10.2. The molecule has 4 unspecified atom stereocenters. The van der Waals surface area contributed by atoms with E-state index in [-0.39, 0.29) is 17.5 Å². The van der Waals surface area contributed by atoms with E-state index >= 15 is 0 Å². The minimum atomic E-state index is -0.163. The van der Waals surface area contributed by atoms with E-state index in [9.17, 15) is 0 Å². The van der Waals surface area contributed by atoms with Crippen LogP contribution >= 0.6 is 11.6 Å². The first-order valence-electron chi connectivity index (χ1n) is 7.39. The van der Waals surface area contributed by atoms with Crippen LogP contribution in [0.3, 0.4) is 0 Å². The second kappa shape index (κ2) is 4.85. The number of aromatic nitrogens is 3. The lowest BCUT2D eigenvalue weighted by Gasteiger charge is -2.23. The fourth-order valence-corrected chi connectivity index (χ4v) is 3.73. The molecule has 0 aromatic carbocycles. The molecule has 4 heterocycles. The third-order valence-electron chi connectivity index (χ3n) is 4.51. The summed E-state index contributed by atoms with van der Waals surface area (Å²) in [6.45, 7) is 1.95. The predicted molar refractivity (Wildman–Crippen MR) is 79.9 cm³/mol. The summed E-state index contributed by atoms with van der Waals surface area (Å²) < 4.78 is 13.4. The molecule has 112 valence electrons. The van der Waals surface area contributed by atoms with Gasteiger partial charge in [-0.25, -0.2) is 4.98 Å².